The van der Waals surface area contributed by atoms with E-state index in [0.717, 1.165) is 22.4 Å². The van der Waals surface area contributed by atoms with Gasteiger partial charge in [0.15, 0.2) is 0 Å². The molecular formula is C13H17N3S2. The Kier molecular flexibility index (Phi) is 3.43. The molecule has 0 aromatic carbocycles. The Balaban J connectivity index is 1.86. The SMILES string of the molecule is Cc1sc2ncnc(NCC3CCCS3)c2c1C. The van der Waals surface area contributed by atoms with Gasteiger partial charge >= 0.3 is 0 Å². The molecule has 3 nitrogen and oxygen atoms in total. The summed E-state index contributed by atoms with van der Waals surface area (Å²) in [5, 5.41) is 5.48. The molecule has 1 saturated heterocycles. The fraction of sp³-hybridized carbons (Fsp3) is 0.538. The van der Waals surface area contributed by atoms with Crippen LogP contribution < -0.4 is 5.32 Å². The molecule has 1 unspecified atom stereocenters. The van der Waals surface area contributed by atoms with Gasteiger partial charge < -0.3 is 5.32 Å². The number of nitrogens with zero attached hydrogens (tertiary/aromatic N) is 2. The van der Waals surface area contributed by atoms with Crippen LogP contribution in [-0.2, 0) is 0 Å². The van der Waals surface area contributed by atoms with Gasteiger partial charge in [-0.15, -0.1) is 11.3 Å². The number of thioether (sulfide) groups is 1. The molecule has 0 radical (unpaired) electrons. The second kappa shape index (κ2) is 5.05. The minimum absolute atomic E-state index is 0.745. The molecule has 0 bridgehead atoms. The van der Waals surface area contributed by atoms with Crippen LogP contribution in [0.4, 0.5) is 5.82 Å². The second-order valence-corrected chi connectivity index (χ2v) is 7.31. The molecule has 3 heterocycles. The molecule has 1 atom stereocenters. The number of aromatic nitrogens is 2. The predicted octanol–water partition coefficient (Wildman–Crippen LogP) is 3.62. The lowest BCUT2D eigenvalue weighted by Gasteiger charge is -2.11. The Labute approximate surface area is 115 Å². The van der Waals surface area contributed by atoms with Gasteiger partial charge in [-0.1, -0.05) is 0 Å². The summed E-state index contributed by atoms with van der Waals surface area (Å²) in [5.74, 6) is 2.32. The summed E-state index contributed by atoms with van der Waals surface area (Å²) in [4.78, 5) is 11.2. The van der Waals surface area contributed by atoms with Crippen molar-refractivity contribution in [1.29, 1.82) is 0 Å². The van der Waals surface area contributed by atoms with Crippen molar-refractivity contribution < 1.29 is 0 Å². The highest BCUT2D eigenvalue weighted by Crippen LogP contribution is 2.33. The lowest BCUT2D eigenvalue weighted by Crippen LogP contribution is -2.14. The monoisotopic (exact) mass is 279 g/mol. The number of anilines is 1. The average molecular weight is 279 g/mol. The third kappa shape index (κ3) is 2.21. The van der Waals surface area contributed by atoms with Gasteiger partial charge in [0.05, 0.1) is 5.39 Å². The number of hydrogen-bond acceptors (Lipinski definition) is 5. The van der Waals surface area contributed by atoms with Gasteiger partial charge in [0.2, 0.25) is 0 Å². The Morgan fingerprint density at radius 2 is 2.28 bits per heavy atom. The first kappa shape index (κ1) is 12.2. The zero-order valence-electron chi connectivity index (χ0n) is 10.7. The summed E-state index contributed by atoms with van der Waals surface area (Å²) in [7, 11) is 0. The lowest BCUT2D eigenvalue weighted by atomic mass is 10.2. The minimum Gasteiger partial charge on any atom is -0.368 e. The second-order valence-electron chi connectivity index (χ2n) is 4.70. The molecule has 2 aromatic rings. The van der Waals surface area contributed by atoms with E-state index in [2.05, 4.69) is 40.9 Å². The van der Waals surface area contributed by atoms with Crippen molar-refractivity contribution >= 4 is 39.1 Å². The van der Waals surface area contributed by atoms with Crippen LogP contribution in [0.3, 0.4) is 0 Å². The number of thiophene rings is 1. The number of aryl methyl sites for hydroxylation is 2. The van der Waals surface area contributed by atoms with Crippen molar-refractivity contribution in [2.24, 2.45) is 0 Å². The fourth-order valence-corrected chi connectivity index (χ4v) is 4.53. The molecule has 5 heteroatoms. The molecule has 0 aliphatic carbocycles. The first-order valence-electron chi connectivity index (χ1n) is 6.32. The smallest absolute Gasteiger partial charge is 0.138 e. The van der Waals surface area contributed by atoms with Gasteiger partial charge in [0.1, 0.15) is 17.0 Å². The zero-order chi connectivity index (χ0) is 12.5. The van der Waals surface area contributed by atoms with E-state index in [1.54, 1.807) is 17.7 Å². The van der Waals surface area contributed by atoms with Crippen LogP contribution in [0.15, 0.2) is 6.33 Å². The number of fused-ring (bicyclic) bond motifs is 1. The van der Waals surface area contributed by atoms with E-state index in [1.165, 1.54) is 34.4 Å². The summed E-state index contributed by atoms with van der Waals surface area (Å²) in [6.07, 6.45) is 4.35. The number of rotatable bonds is 3. The van der Waals surface area contributed by atoms with Crippen molar-refractivity contribution in [2.75, 3.05) is 17.6 Å². The third-order valence-electron chi connectivity index (χ3n) is 3.49. The summed E-state index contributed by atoms with van der Waals surface area (Å²) < 4.78 is 0. The zero-order valence-corrected chi connectivity index (χ0v) is 12.3. The van der Waals surface area contributed by atoms with Crippen LogP contribution in [-0.4, -0.2) is 27.5 Å². The topological polar surface area (TPSA) is 37.8 Å². The molecule has 2 aromatic heterocycles. The number of nitrogens with one attached hydrogen (secondary N) is 1. The Morgan fingerprint density at radius 3 is 3.06 bits per heavy atom. The van der Waals surface area contributed by atoms with Gasteiger partial charge in [-0.25, -0.2) is 9.97 Å². The fourth-order valence-electron chi connectivity index (χ4n) is 2.33. The summed E-state index contributed by atoms with van der Waals surface area (Å²) >= 11 is 3.83. The standard InChI is InChI=1S/C13H17N3S2/c1-8-9(2)18-13-11(8)12(15-7-16-13)14-6-10-4-3-5-17-10/h7,10H,3-6H2,1-2H3,(H,14,15,16). The van der Waals surface area contributed by atoms with Crippen LogP contribution in [0, 0.1) is 13.8 Å². The van der Waals surface area contributed by atoms with Crippen LogP contribution in [0.25, 0.3) is 10.2 Å². The maximum atomic E-state index is 4.42. The highest BCUT2D eigenvalue weighted by Gasteiger charge is 2.17. The van der Waals surface area contributed by atoms with Gasteiger partial charge in [-0.05, 0) is 38.0 Å². The molecular weight excluding hydrogens is 262 g/mol. The van der Waals surface area contributed by atoms with E-state index >= 15 is 0 Å². The van der Waals surface area contributed by atoms with Crippen LogP contribution >= 0.6 is 23.1 Å². The van der Waals surface area contributed by atoms with E-state index < -0.39 is 0 Å². The van der Waals surface area contributed by atoms with Crippen LogP contribution in [0.2, 0.25) is 0 Å². The van der Waals surface area contributed by atoms with Crippen molar-refractivity contribution in [3.63, 3.8) is 0 Å². The van der Waals surface area contributed by atoms with Crippen molar-refractivity contribution in [1.82, 2.24) is 9.97 Å². The Bertz CT molecular complexity index is 559. The average Bonchev–Trinajstić information content (AvgIpc) is 2.97. The van der Waals surface area contributed by atoms with Gasteiger partial charge in [-0.3, -0.25) is 0 Å². The van der Waals surface area contributed by atoms with E-state index in [4.69, 9.17) is 0 Å². The van der Waals surface area contributed by atoms with Crippen molar-refractivity contribution in [3.05, 3.63) is 16.8 Å². The maximum Gasteiger partial charge on any atom is 0.138 e. The van der Waals surface area contributed by atoms with E-state index in [9.17, 15) is 0 Å². The highest BCUT2D eigenvalue weighted by molar-refractivity contribution is 8.00. The largest absolute Gasteiger partial charge is 0.368 e. The maximum absolute atomic E-state index is 4.42. The molecule has 0 amide bonds. The summed E-state index contributed by atoms with van der Waals surface area (Å²) in [5.41, 5.74) is 1.32. The minimum atomic E-state index is 0.745. The first-order valence-corrected chi connectivity index (χ1v) is 8.18. The quantitative estimate of drug-likeness (QED) is 0.931. The molecule has 3 rings (SSSR count). The molecule has 1 fully saturated rings. The lowest BCUT2D eigenvalue weighted by molar-refractivity contribution is 0.804. The van der Waals surface area contributed by atoms with Crippen molar-refractivity contribution in [2.45, 2.75) is 31.9 Å². The van der Waals surface area contributed by atoms with E-state index in [1.807, 2.05) is 0 Å². The van der Waals surface area contributed by atoms with Crippen LogP contribution in [0.1, 0.15) is 23.3 Å². The molecule has 1 N–H and O–H groups in total. The molecule has 96 valence electrons. The first-order chi connectivity index (χ1) is 8.75. The van der Waals surface area contributed by atoms with E-state index in [-0.39, 0.29) is 0 Å². The van der Waals surface area contributed by atoms with Gasteiger partial charge in [0.25, 0.3) is 0 Å². The molecule has 1 aliphatic rings. The highest BCUT2D eigenvalue weighted by atomic mass is 32.2. The Morgan fingerprint density at radius 1 is 1.39 bits per heavy atom. The predicted molar refractivity (Wildman–Crippen MR) is 80.9 cm³/mol. The normalized spacial score (nSPS) is 19.6. The van der Waals surface area contributed by atoms with Crippen LogP contribution in [0.5, 0.6) is 0 Å². The van der Waals surface area contributed by atoms with Gasteiger partial charge in [0, 0.05) is 16.7 Å². The van der Waals surface area contributed by atoms with Gasteiger partial charge in [-0.2, -0.15) is 11.8 Å². The molecule has 18 heavy (non-hydrogen) atoms. The number of hydrogen-bond donors (Lipinski definition) is 1. The van der Waals surface area contributed by atoms with Crippen molar-refractivity contribution in [3.8, 4) is 0 Å². The summed E-state index contributed by atoms with van der Waals surface area (Å²) in [6.45, 7) is 5.33. The Hall–Kier alpha value is -0.810. The molecule has 0 spiro atoms. The van der Waals surface area contributed by atoms with E-state index in [0.29, 0.717) is 0 Å². The molecule has 1 aliphatic heterocycles. The molecule has 0 saturated carbocycles. The summed E-state index contributed by atoms with van der Waals surface area (Å²) in [6, 6.07) is 0. The third-order valence-corrected chi connectivity index (χ3v) is 6.00.